The summed E-state index contributed by atoms with van der Waals surface area (Å²) >= 11 is 10.8. The van der Waals surface area contributed by atoms with Gasteiger partial charge in [-0.15, -0.1) is 0 Å². The smallest absolute Gasteiger partial charge is 0.379 e. The molecule has 1 aromatic heterocycles. The molecule has 0 aromatic carbocycles. The number of halogens is 5. The molecule has 0 unspecified atom stereocenters. The molecule has 7 heteroatoms. The van der Waals surface area contributed by atoms with Gasteiger partial charge in [-0.2, -0.15) is 13.2 Å². The number of aromatic nitrogens is 1. The molecule has 1 rings (SSSR count). The highest BCUT2D eigenvalue weighted by Gasteiger charge is 2.40. The fraction of sp³-hybridized carbons (Fsp3) is 0.286. The van der Waals surface area contributed by atoms with Crippen LogP contribution in [0.4, 0.5) is 13.2 Å². The van der Waals surface area contributed by atoms with Crippen LogP contribution in [0.1, 0.15) is 11.7 Å². The summed E-state index contributed by atoms with van der Waals surface area (Å²) in [5.74, 6) is 0. The highest BCUT2D eigenvalue weighted by atomic mass is 35.5. The number of rotatable bonds is 1. The number of hydrogen-bond acceptors (Lipinski definition) is 2. The van der Waals surface area contributed by atoms with E-state index in [1.54, 1.807) is 0 Å². The Morgan fingerprint density at radius 1 is 1.36 bits per heavy atom. The van der Waals surface area contributed by atoms with Crippen LogP contribution in [0.25, 0.3) is 0 Å². The largest absolute Gasteiger partial charge is 0.418 e. The van der Waals surface area contributed by atoms with Crippen LogP contribution in [-0.4, -0.2) is 16.3 Å². The lowest BCUT2D eigenvalue weighted by Crippen LogP contribution is -2.20. The van der Waals surface area contributed by atoms with Crippen LogP contribution in [-0.2, 0) is 0 Å². The predicted octanol–water partition coefficient (Wildman–Crippen LogP) is 2.98. The van der Waals surface area contributed by atoms with Gasteiger partial charge < -0.3 is 5.11 Å². The van der Waals surface area contributed by atoms with Gasteiger partial charge in [-0.1, -0.05) is 23.2 Å². The SMILES string of the molecule is O[C@H](c1cnc(Cl)cc1Cl)C(F)(F)F. The average Bonchev–Trinajstić information content (AvgIpc) is 2.01. The number of aliphatic hydroxyl groups excluding tert-OH is 1. The standard InChI is InChI=1S/C7H4Cl2F3NO/c8-4-1-5(9)13-2-3(4)6(14)7(10,11)12/h1-2,6,14H/t6-/m1/s1. The first-order valence-corrected chi connectivity index (χ1v) is 4.13. The number of pyridine rings is 1. The number of nitrogens with zero attached hydrogens (tertiary/aromatic N) is 1. The quantitative estimate of drug-likeness (QED) is 0.772. The lowest BCUT2D eigenvalue weighted by Gasteiger charge is -2.15. The Bertz CT molecular complexity index is 342. The average molecular weight is 246 g/mol. The first-order valence-electron chi connectivity index (χ1n) is 3.38. The molecular weight excluding hydrogens is 242 g/mol. The third kappa shape index (κ3) is 2.50. The molecule has 0 bridgehead atoms. The molecule has 78 valence electrons. The van der Waals surface area contributed by atoms with Crippen molar-refractivity contribution < 1.29 is 18.3 Å². The lowest BCUT2D eigenvalue weighted by molar-refractivity contribution is -0.206. The zero-order valence-electron chi connectivity index (χ0n) is 6.52. The lowest BCUT2D eigenvalue weighted by atomic mass is 10.1. The van der Waals surface area contributed by atoms with Gasteiger partial charge >= 0.3 is 6.18 Å². The number of hydrogen-bond donors (Lipinski definition) is 1. The molecule has 1 aromatic rings. The van der Waals surface area contributed by atoms with Gasteiger partial charge in [0.1, 0.15) is 5.15 Å². The summed E-state index contributed by atoms with van der Waals surface area (Å²) in [7, 11) is 0. The normalized spacial score (nSPS) is 14.1. The zero-order valence-corrected chi connectivity index (χ0v) is 8.03. The fourth-order valence-electron chi connectivity index (χ4n) is 0.796. The minimum absolute atomic E-state index is 0.0341. The van der Waals surface area contributed by atoms with Crippen molar-refractivity contribution in [1.82, 2.24) is 4.98 Å². The topological polar surface area (TPSA) is 33.1 Å². The maximum absolute atomic E-state index is 12.0. The highest BCUT2D eigenvalue weighted by molar-refractivity contribution is 6.34. The molecule has 0 aliphatic heterocycles. The van der Waals surface area contributed by atoms with Gasteiger partial charge in [-0.25, -0.2) is 4.98 Å². The van der Waals surface area contributed by atoms with E-state index in [0.29, 0.717) is 0 Å². The molecule has 1 heterocycles. The van der Waals surface area contributed by atoms with Crippen molar-refractivity contribution in [3.63, 3.8) is 0 Å². The molecular formula is C7H4Cl2F3NO. The second-order valence-corrected chi connectivity index (χ2v) is 3.27. The van der Waals surface area contributed by atoms with E-state index in [9.17, 15) is 13.2 Å². The summed E-state index contributed by atoms with van der Waals surface area (Å²) in [5, 5.41) is 8.53. The molecule has 0 saturated heterocycles. The van der Waals surface area contributed by atoms with Crippen molar-refractivity contribution >= 4 is 23.2 Å². The molecule has 0 aliphatic rings. The molecule has 0 amide bonds. The summed E-state index contributed by atoms with van der Waals surface area (Å²) in [6.45, 7) is 0. The monoisotopic (exact) mass is 245 g/mol. The fourth-order valence-corrected chi connectivity index (χ4v) is 1.26. The van der Waals surface area contributed by atoms with E-state index in [1.807, 2.05) is 0 Å². The Morgan fingerprint density at radius 2 is 1.93 bits per heavy atom. The molecule has 2 nitrogen and oxygen atoms in total. The van der Waals surface area contributed by atoms with E-state index in [1.165, 1.54) is 0 Å². The Hall–Kier alpha value is -0.520. The molecule has 0 fully saturated rings. The van der Waals surface area contributed by atoms with Gasteiger partial charge in [-0.05, 0) is 6.07 Å². The Morgan fingerprint density at radius 3 is 2.36 bits per heavy atom. The van der Waals surface area contributed by atoms with Crippen LogP contribution in [0.5, 0.6) is 0 Å². The van der Waals surface area contributed by atoms with Crippen molar-refractivity contribution in [1.29, 1.82) is 0 Å². The predicted molar refractivity (Wildman–Crippen MR) is 45.3 cm³/mol. The van der Waals surface area contributed by atoms with Crippen LogP contribution < -0.4 is 0 Å². The maximum atomic E-state index is 12.0. The first-order chi connectivity index (χ1) is 6.32. The van der Waals surface area contributed by atoms with Crippen LogP contribution in [0.3, 0.4) is 0 Å². The van der Waals surface area contributed by atoms with Gasteiger partial charge in [0.2, 0.25) is 0 Å². The van der Waals surface area contributed by atoms with Gasteiger partial charge in [0.15, 0.2) is 6.10 Å². The molecule has 14 heavy (non-hydrogen) atoms. The van der Waals surface area contributed by atoms with Gasteiger partial charge in [0, 0.05) is 11.8 Å². The van der Waals surface area contributed by atoms with E-state index in [2.05, 4.69) is 4.98 Å². The van der Waals surface area contributed by atoms with Crippen molar-refractivity contribution in [3.05, 3.63) is 28.0 Å². The Labute approximate surface area is 87.3 Å². The first kappa shape index (κ1) is 11.6. The van der Waals surface area contributed by atoms with E-state index in [0.717, 1.165) is 12.3 Å². The van der Waals surface area contributed by atoms with Crippen molar-refractivity contribution in [3.8, 4) is 0 Å². The van der Waals surface area contributed by atoms with Crippen LogP contribution in [0.2, 0.25) is 10.2 Å². The molecule has 1 atom stereocenters. The maximum Gasteiger partial charge on any atom is 0.418 e. The summed E-state index contributed by atoms with van der Waals surface area (Å²) in [6, 6.07) is 1.04. The second-order valence-electron chi connectivity index (χ2n) is 2.47. The van der Waals surface area contributed by atoms with Crippen LogP contribution in [0, 0.1) is 0 Å². The number of alkyl halides is 3. The molecule has 0 spiro atoms. The van der Waals surface area contributed by atoms with Crippen molar-refractivity contribution in [2.75, 3.05) is 0 Å². The summed E-state index contributed by atoms with van der Waals surface area (Å²) < 4.78 is 36.1. The summed E-state index contributed by atoms with van der Waals surface area (Å²) in [6.07, 6.45) is -6.61. The third-order valence-electron chi connectivity index (χ3n) is 1.45. The van der Waals surface area contributed by atoms with Crippen molar-refractivity contribution in [2.45, 2.75) is 12.3 Å². The number of aliphatic hydroxyl groups is 1. The van der Waals surface area contributed by atoms with E-state index >= 15 is 0 Å². The van der Waals surface area contributed by atoms with E-state index < -0.39 is 17.8 Å². The second kappa shape index (κ2) is 3.92. The minimum atomic E-state index is -4.76. The summed E-state index contributed by atoms with van der Waals surface area (Å²) in [5.41, 5.74) is -0.511. The van der Waals surface area contributed by atoms with E-state index in [-0.39, 0.29) is 10.2 Å². The van der Waals surface area contributed by atoms with E-state index in [4.69, 9.17) is 28.3 Å². The highest BCUT2D eigenvalue weighted by Crippen LogP contribution is 2.35. The van der Waals surface area contributed by atoms with Crippen LogP contribution >= 0.6 is 23.2 Å². The Kier molecular flexibility index (Phi) is 3.24. The molecule has 0 aliphatic carbocycles. The molecule has 1 N–H and O–H groups in total. The van der Waals surface area contributed by atoms with Gasteiger partial charge in [0.25, 0.3) is 0 Å². The minimum Gasteiger partial charge on any atom is -0.379 e. The zero-order chi connectivity index (χ0) is 10.9. The third-order valence-corrected chi connectivity index (χ3v) is 1.99. The van der Waals surface area contributed by atoms with Gasteiger partial charge in [-0.3, -0.25) is 0 Å². The van der Waals surface area contributed by atoms with Gasteiger partial charge in [0.05, 0.1) is 5.02 Å². The Balaban J connectivity index is 3.08. The summed E-state index contributed by atoms with van der Waals surface area (Å²) in [4.78, 5) is 3.40. The molecule has 0 radical (unpaired) electrons. The van der Waals surface area contributed by atoms with Crippen molar-refractivity contribution in [2.24, 2.45) is 0 Å². The molecule has 0 saturated carbocycles. The van der Waals surface area contributed by atoms with Crippen LogP contribution in [0.15, 0.2) is 12.3 Å².